The Kier molecular flexibility index (Phi) is 5.05. The third kappa shape index (κ3) is 3.77. The first-order valence-corrected chi connectivity index (χ1v) is 5.89. The quantitative estimate of drug-likeness (QED) is 0.343. The van der Waals surface area contributed by atoms with Gasteiger partial charge in [-0.3, -0.25) is 0 Å². The minimum Gasteiger partial charge on any atom is -0.409 e. The molecule has 0 spiro atoms. The van der Waals surface area contributed by atoms with E-state index in [-0.39, 0.29) is 17.9 Å². The summed E-state index contributed by atoms with van der Waals surface area (Å²) in [7, 11) is 0. The van der Waals surface area contributed by atoms with Gasteiger partial charge < -0.3 is 16.3 Å². The van der Waals surface area contributed by atoms with Crippen molar-refractivity contribution in [2.45, 2.75) is 25.9 Å². The number of benzene rings is 1. The third-order valence-corrected chi connectivity index (χ3v) is 3.05. The van der Waals surface area contributed by atoms with Gasteiger partial charge in [0.15, 0.2) is 5.84 Å². The Bertz CT molecular complexity index is 423. The van der Waals surface area contributed by atoms with Crippen LogP contribution in [0.15, 0.2) is 23.4 Å². The number of amidine groups is 1. The van der Waals surface area contributed by atoms with E-state index in [1.54, 1.807) is 19.1 Å². The number of halogens is 2. The zero-order valence-corrected chi connectivity index (χ0v) is 11.1. The lowest BCUT2D eigenvalue weighted by Gasteiger charge is -2.20. The molecule has 0 heterocycles. The van der Waals surface area contributed by atoms with Crippen molar-refractivity contribution in [2.24, 2.45) is 10.9 Å². The van der Waals surface area contributed by atoms with E-state index in [0.717, 1.165) is 5.56 Å². The Morgan fingerprint density at radius 1 is 1.41 bits per heavy atom. The topological polar surface area (TPSA) is 70.6 Å². The molecule has 17 heavy (non-hydrogen) atoms. The van der Waals surface area contributed by atoms with Gasteiger partial charge in [-0.05, 0) is 31.5 Å². The fourth-order valence-corrected chi connectivity index (χ4v) is 2.06. The lowest BCUT2D eigenvalue weighted by atomic mass is 10.1. The molecule has 0 saturated carbocycles. The van der Waals surface area contributed by atoms with Crippen molar-refractivity contribution in [3.05, 3.63) is 33.8 Å². The fraction of sp³-hybridized carbons (Fsp3) is 0.364. The van der Waals surface area contributed by atoms with Crippen molar-refractivity contribution in [1.29, 1.82) is 0 Å². The Balaban J connectivity index is 2.79. The molecule has 0 aliphatic rings. The fourth-order valence-electron chi connectivity index (χ4n) is 1.49. The number of nitrogens with one attached hydrogen (secondary N) is 1. The molecular weight excluding hydrogens is 261 g/mol. The Morgan fingerprint density at radius 3 is 2.59 bits per heavy atom. The molecule has 2 unspecified atom stereocenters. The lowest BCUT2D eigenvalue weighted by Crippen LogP contribution is -2.40. The van der Waals surface area contributed by atoms with E-state index in [4.69, 9.17) is 34.1 Å². The van der Waals surface area contributed by atoms with Gasteiger partial charge in [0.1, 0.15) is 0 Å². The summed E-state index contributed by atoms with van der Waals surface area (Å²) in [6, 6.07) is 5.03. The Hall–Kier alpha value is -0.970. The largest absolute Gasteiger partial charge is 0.409 e. The highest BCUT2D eigenvalue weighted by Gasteiger charge is 2.15. The van der Waals surface area contributed by atoms with Gasteiger partial charge in [0, 0.05) is 16.1 Å². The molecule has 1 rings (SSSR count). The lowest BCUT2D eigenvalue weighted by molar-refractivity contribution is 0.314. The summed E-state index contributed by atoms with van der Waals surface area (Å²) in [5, 5.41) is 15.9. The standard InChI is InChI=1S/C11H15Cl2N3O/c1-6(15-7(2)11(14)16-17)9-4-3-8(12)5-10(9)13/h3-7,15,17H,1-2H3,(H2,14,16). The first-order valence-electron chi connectivity index (χ1n) is 5.14. The van der Waals surface area contributed by atoms with Crippen LogP contribution in [-0.2, 0) is 0 Å². The molecule has 1 aromatic rings. The van der Waals surface area contributed by atoms with E-state index < -0.39 is 0 Å². The van der Waals surface area contributed by atoms with Gasteiger partial charge >= 0.3 is 0 Å². The van der Waals surface area contributed by atoms with Gasteiger partial charge in [-0.15, -0.1) is 0 Å². The van der Waals surface area contributed by atoms with E-state index in [9.17, 15) is 0 Å². The predicted octanol–water partition coefficient (Wildman–Crippen LogP) is 2.78. The monoisotopic (exact) mass is 275 g/mol. The summed E-state index contributed by atoms with van der Waals surface area (Å²) in [6.45, 7) is 3.74. The van der Waals surface area contributed by atoms with Gasteiger partial charge in [0.2, 0.25) is 0 Å². The van der Waals surface area contributed by atoms with Crippen LogP contribution >= 0.6 is 23.2 Å². The summed E-state index contributed by atoms with van der Waals surface area (Å²) < 4.78 is 0. The van der Waals surface area contributed by atoms with Crippen molar-refractivity contribution in [3.8, 4) is 0 Å². The molecule has 0 fully saturated rings. The second-order valence-corrected chi connectivity index (χ2v) is 4.64. The molecule has 0 bridgehead atoms. The highest BCUT2D eigenvalue weighted by Crippen LogP contribution is 2.26. The second-order valence-electron chi connectivity index (χ2n) is 3.80. The summed E-state index contributed by atoms with van der Waals surface area (Å²) in [4.78, 5) is 0. The molecule has 0 radical (unpaired) electrons. The summed E-state index contributed by atoms with van der Waals surface area (Å²) in [6.07, 6.45) is 0. The zero-order valence-electron chi connectivity index (χ0n) is 9.61. The second kappa shape index (κ2) is 6.10. The summed E-state index contributed by atoms with van der Waals surface area (Å²) >= 11 is 11.9. The molecule has 94 valence electrons. The molecule has 0 saturated heterocycles. The van der Waals surface area contributed by atoms with Crippen LogP contribution in [0.5, 0.6) is 0 Å². The van der Waals surface area contributed by atoms with Crippen LogP contribution in [0.2, 0.25) is 10.0 Å². The maximum Gasteiger partial charge on any atom is 0.156 e. The van der Waals surface area contributed by atoms with Crippen molar-refractivity contribution in [2.75, 3.05) is 0 Å². The number of rotatable bonds is 4. The number of nitrogens with zero attached hydrogens (tertiary/aromatic N) is 1. The average Bonchev–Trinajstić information content (AvgIpc) is 2.27. The van der Waals surface area contributed by atoms with Crippen LogP contribution in [0.1, 0.15) is 25.5 Å². The van der Waals surface area contributed by atoms with E-state index in [1.165, 1.54) is 0 Å². The van der Waals surface area contributed by atoms with E-state index in [2.05, 4.69) is 10.5 Å². The minimum atomic E-state index is -0.248. The van der Waals surface area contributed by atoms with Crippen LogP contribution in [0, 0.1) is 0 Å². The Labute approximate surface area is 110 Å². The van der Waals surface area contributed by atoms with Gasteiger partial charge in [0.25, 0.3) is 0 Å². The molecule has 0 aromatic heterocycles. The molecule has 1 aromatic carbocycles. The van der Waals surface area contributed by atoms with Gasteiger partial charge in [-0.1, -0.05) is 34.4 Å². The number of hydrogen-bond donors (Lipinski definition) is 3. The van der Waals surface area contributed by atoms with Gasteiger partial charge in [-0.25, -0.2) is 0 Å². The third-order valence-electron chi connectivity index (χ3n) is 2.49. The normalized spacial score (nSPS) is 15.6. The molecular formula is C11H15Cl2N3O. The maximum absolute atomic E-state index is 8.56. The average molecular weight is 276 g/mol. The summed E-state index contributed by atoms with van der Waals surface area (Å²) in [5.74, 6) is 0.127. The van der Waals surface area contributed by atoms with Crippen LogP contribution in [0.25, 0.3) is 0 Å². The molecule has 6 heteroatoms. The maximum atomic E-state index is 8.56. The van der Waals surface area contributed by atoms with E-state index in [0.29, 0.717) is 10.0 Å². The first-order chi connectivity index (χ1) is 7.95. The van der Waals surface area contributed by atoms with Crippen LogP contribution in [0.3, 0.4) is 0 Å². The van der Waals surface area contributed by atoms with E-state index in [1.807, 2.05) is 13.0 Å². The number of oxime groups is 1. The number of nitrogens with two attached hydrogens (primary N) is 1. The van der Waals surface area contributed by atoms with Gasteiger partial charge in [-0.2, -0.15) is 0 Å². The smallest absolute Gasteiger partial charge is 0.156 e. The van der Waals surface area contributed by atoms with E-state index >= 15 is 0 Å². The van der Waals surface area contributed by atoms with Crippen LogP contribution < -0.4 is 11.1 Å². The highest BCUT2D eigenvalue weighted by atomic mass is 35.5. The molecule has 0 aliphatic heterocycles. The SMILES string of the molecule is CC(NC(C)c1ccc(Cl)cc1Cl)C(N)=NO. The predicted molar refractivity (Wildman–Crippen MR) is 70.9 cm³/mol. The van der Waals surface area contributed by atoms with Crippen molar-refractivity contribution in [3.63, 3.8) is 0 Å². The van der Waals surface area contributed by atoms with Crippen molar-refractivity contribution >= 4 is 29.0 Å². The van der Waals surface area contributed by atoms with Crippen LogP contribution in [-0.4, -0.2) is 17.1 Å². The zero-order chi connectivity index (χ0) is 13.0. The molecule has 0 aliphatic carbocycles. The molecule has 4 N–H and O–H groups in total. The molecule has 0 amide bonds. The minimum absolute atomic E-state index is 0.0323. The molecule has 4 nitrogen and oxygen atoms in total. The molecule has 2 atom stereocenters. The summed E-state index contributed by atoms with van der Waals surface area (Å²) in [5.41, 5.74) is 6.40. The number of hydrogen-bond acceptors (Lipinski definition) is 3. The van der Waals surface area contributed by atoms with Gasteiger partial charge in [0.05, 0.1) is 6.04 Å². The first kappa shape index (κ1) is 14.1. The Morgan fingerprint density at radius 2 is 2.06 bits per heavy atom. The van der Waals surface area contributed by atoms with Crippen molar-refractivity contribution < 1.29 is 5.21 Å². The highest BCUT2D eigenvalue weighted by molar-refractivity contribution is 6.35. The van der Waals surface area contributed by atoms with Crippen molar-refractivity contribution in [1.82, 2.24) is 5.32 Å². The van der Waals surface area contributed by atoms with Crippen LogP contribution in [0.4, 0.5) is 0 Å².